The van der Waals surface area contributed by atoms with E-state index in [2.05, 4.69) is 61.4 Å². The molecule has 4 aromatic rings. The number of hydrogen-bond acceptors (Lipinski definition) is 7. The van der Waals surface area contributed by atoms with Crippen molar-refractivity contribution < 1.29 is 9.47 Å². The van der Waals surface area contributed by atoms with Crippen LogP contribution in [0, 0.1) is 3.57 Å². The topological polar surface area (TPSA) is 88.1 Å². The van der Waals surface area contributed by atoms with Gasteiger partial charge >= 0.3 is 0 Å². The number of imidazole rings is 1. The van der Waals surface area contributed by atoms with Gasteiger partial charge in [-0.25, -0.2) is 15.0 Å². The van der Waals surface area contributed by atoms with Crippen LogP contribution in [-0.2, 0) is 13.0 Å². The Balaban J connectivity index is 1.74. The van der Waals surface area contributed by atoms with Crippen molar-refractivity contribution in [3.63, 3.8) is 0 Å². The summed E-state index contributed by atoms with van der Waals surface area (Å²) in [6, 6.07) is 14.1. The van der Waals surface area contributed by atoms with Gasteiger partial charge in [0.25, 0.3) is 0 Å². The summed E-state index contributed by atoms with van der Waals surface area (Å²) in [5.74, 6) is 1.86. The van der Waals surface area contributed by atoms with Crippen molar-refractivity contribution in [1.29, 1.82) is 0 Å². The molecule has 2 heterocycles. The van der Waals surface area contributed by atoms with Crippen LogP contribution in [0.4, 0.5) is 5.82 Å². The summed E-state index contributed by atoms with van der Waals surface area (Å²) < 4.78 is 14.2. The highest BCUT2D eigenvalue weighted by Crippen LogP contribution is 2.38. The predicted molar refractivity (Wildman–Crippen MR) is 126 cm³/mol. The lowest BCUT2D eigenvalue weighted by molar-refractivity contribution is 0.394. The molecule has 0 aliphatic rings. The van der Waals surface area contributed by atoms with Crippen LogP contribution >= 0.6 is 34.4 Å². The first-order valence-corrected chi connectivity index (χ1v) is 11.1. The Morgan fingerprint density at radius 1 is 1.10 bits per heavy atom. The van der Waals surface area contributed by atoms with E-state index in [1.54, 1.807) is 14.2 Å². The summed E-state index contributed by atoms with van der Waals surface area (Å²) in [5.41, 5.74) is 8.65. The molecular formula is C21H20IN5O2S. The molecule has 0 bridgehead atoms. The average molecular weight is 533 g/mol. The standard InChI is InChI=1S/C21H20IN5O2S/c1-28-15-6-7-16(29-2)17(11-15)30-21-26-18-19(23)24-12-25-20(18)27(21)9-8-13-4-3-5-14(22)10-13/h3-7,10-12H,8-9H2,1-2H3,(H2,23,24,25). The molecule has 0 atom stereocenters. The number of hydrogen-bond donors (Lipinski definition) is 1. The number of nitrogens with two attached hydrogens (primary N) is 1. The van der Waals surface area contributed by atoms with E-state index in [0.29, 0.717) is 17.9 Å². The van der Waals surface area contributed by atoms with Crippen LogP contribution in [0.5, 0.6) is 11.5 Å². The number of nitrogen functional groups attached to an aromatic ring is 1. The molecule has 154 valence electrons. The summed E-state index contributed by atoms with van der Waals surface area (Å²) in [4.78, 5) is 14.2. The molecule has 30 heavy (non-hydrogen) atoms. The Hall–Kier alpha value is -2.53. The molecule has 0 aliphatic carbocycles. The Labute approximate surface area is 192 Å². The van der Waals surface area contributed by atoms with E-state index < -0.39 is 0 Å². The number of benzene rings is 2. The highest BCUT2D eigenvalue weighted by Gasteiger charge is 2.18. The zero-order chi connectivity index (χ0) is 21.1. The van der Waals surface area contributed by atoms with Gasteiger partial charge in [0, 0.05) is 10.1 Å². The Kier molecular flexibility index (Phi) is 6.28. The second kappa shape index (κ2) is 9.09. The molecule has 0 spiro atoms. The van der Waals surface area contributed by atoms with E-state index in [0.717, 1.165) is 33.6 Å². The van der Waals surface area contributed by atoms with Crippen molar-refractivity contribution in [3.8, 4) is 11.5 Å². The van der Waals surface area contributed by atoms with Crippen molar-refractivity contribution in [2.75, 3.05) is 20.0 Å². The zero-order valence-electron chi connectivity index (χ0n) is 16.5. The first-order chi connectivity index (χ1) is 14.6. The number of anilines is 1. The molecule has 2 aromatic carbocycles. The van der Waals surface area contributed by atoms with Crippen molar-refractivity contribution >= 4 is 51.3 Å². The molecular weight excluding hydrogens is 513 g/mol. The number of fused-ring (bicyclic) bond motifs is 1. The van der Waals surface area contributed by atoms with Crippen molar-refractivity contribution in [1.82, 2.24) is 19.5 Å². The van der Waals surface area contributed by atoms with Crippen LogP contribution in [0.2, 0.25) is 0 Å². The maximum absolute atomic E-state index is 6.08. The summed E-state index contributed by atoms with van der Waals surface area (Å²) in [5, 5.41) is 0.773. The second-order valence-electron chi connectivity index (χ2n) is 6.48. The number of nitrogens with zero attached hydrogens (tertiary/aromatic N) is 4. The summed E-state index contributed by atoms with van der Waals surface area (Å²) in [6.07, 6.45) is 2.32. The number of halogens is 1. The Morgan fingerprint density at radius 3 is 2.73 bits per heavy atom. The highest BCUT2D eigenvalue weighted by atomic mass is 127. The maximum Gasteiger partial charge on any atom is 0.175 e. The third-order valence-corrected chi connectivity index (χ3v) is 6.31. The van der Waals surface area contributed by atoms with E-state index in [4.69, 9.17) is 20.2 Å². The lowest BCUT2D eigenvalue weighted by atomic mass is 10.1. The van der Waals surface area contributed by atoms with Gasteiger partial charge in [-0.1, -0.05) is 12.1 Å². The smallest absolute Gasteiger partial charge is 0.175 e. The first-order valence-electron chi connectivity index (χ1n) is 9.20. The largest absolute Gasteiger partial charge is 0.497 e. The van der Waals surface area contributed by atoms with E-state index in [1.807, 2.05) is 18.2 Å². The van der Waals surface area contributed by atoms with Crippen LogP contribution in [0.3, 0.4) is 0 Å². The fourth-order valence-corrected chi connectivity index (χ4v) is 4.77. The minimum Gasteiger partial charge on any atom is -0.497 e. The van der Waals surface area contributed by atoms with Crippen LogP contribution < -0.4 is 15.2 Å². The van der Waals surface area contributed by atoms with Gasteiger partial charge < -0.3 is 19.8 Å². The lowest BCUT2D eigenvalue weighted by Crippen LogP contribution is -2.05. The first kappa shape index (κ1) is 20.7. The molecule has 2 aromatic heterocycles. The summed E-state index contributed by atoms with van der Waals surface area (Å²) in [6.45, 7) is 0.710. The van der Waals surface area contributed by atoms with Crippen LogP contribution in [0.15, 0.2) is 58.8 Å². The summed E-state index contributed by atoms with van der Waals surface area (Å²) in [7, 11) is 3.29. The van der Waals surface area contributed by atoms with E-state index in [-0.39, 0.29) is 0 Å². The lowest BCUT2D eigenvalue weighted by Gasteiger charge is -2.12. The quantitative estimate of drug-likeness (QED) is 0.352. The van der Waals surface area contributed by atoms with Crippen molar-refractivity contribution in [2.45, 2.75) is 23.0 Å². The number of aryl methyl sites for hydroxylation is 2. The van der Waals surface area contributed by atoms with Crippen LogP contribution in [0.25, 0.3) is 11.2 Å². The van der Waals surface area contributed by atoms with Gasteiger partial charge in [-0.15, -0.1) is 0 Å². The third-order valence-electron chi connectivity index (χ3n) is 4.61. The van der Waals surface area contributed by atoms with Crippen molar-refractivity contribution in [2.24, 2.45) is 0 Å². The normalized spacial score (nSPS) is 11.0. The SMILES string of the molecule is COc1ccc(OC)c(Sc2nc3c(N)ncnc3n2CCc2cccc(I)c2)c1. The highest BCUT2D eigenvalue weighted by molar-refractivity contribution is 14.1. The van der Waals surface area contributed by atoms with Gasteiger partial charge in [-0.2, -0.15) is 0 Å². The number of methoxy groups -OCH3 is 2. The Bertz CT molecular complexity index is 1200. The average Bonchev–Trinajstić information content (AvgIpc) is 3.10. The van der Waals surface area contributed by atoms with Crippen molar-refractivity contribution in [3.05, 3.63) is 57.9 Å². The fourth-order valence-electron chi connectivity index (χ4n) is 3.11. The molecule has 0 aliphatic heterocycles. The number of ether oxygens (including phenoxy) is 2. The predicted octanol–water partition coefficient (Wildman–Crippen LogP) is 4.42. The third kappa shape index (κ3) is 4.31. The van der Waals surface area contributed by atoms with Gasteiger partial charge in [0.2, 0.25) is 0 Å². The fraction of sp³-hybridized carbons (Fsp3) is 0.190. The minimum absolute atomic E-state index is 0.368. The zero-order valence-corrected chi connectivity index (χ0v) is 19.5. The molecule has 0 saturated heterocycles. The molecule has 4 rings (SSSR count). The molecule has 9 heteroatoms. The molecule has 7 nitrogen and oxygen atoms in total. The Morgan fingerprint density at radius 2 is 1.97 bits per heavy atom. The molecule has 0 radical (unpaired) electrons. The van der Waals surface area contributed by atoms with E-state index in [9.17, 15) is 0 Å². The summed E-state index contributed by atoms with van der Waals surface area (Å²) >= 11 is 3.82. The molecule has 0 unspecified atom stereocenters. The monoisotopic (exact) mass is 533 g/mol. The molecule has 2 N–H and O–H groups in total. The minimum atomic E-state index is 0.368. The van der Waals surface area contributed by atoms with Gasteiger partial charge in [-0.3, -0.25) is 0 Å². The van der Waals surface area contributed by atoms with Gasteiger partial charge in [0.1, 0.15) is 17.8 Å². The molecule has 0 amide bonds. The van der Waals surface area contributed by atoms with Crippen LogP contribution in [-0.4, -0.2) is 33.7 Å². The van der Waals surface area contributed by atoms with Gasteiger partial charge in [0.05, 0.1) is 19.1 Å². The molecule has 0 saturated carbocycles. The van der Waals surface area contributed by atoms with Gasteiger partial charge in [0.15, 0.2) is 22.1 Å². The van der Waals surface area contributed by atoms with E-state index in [1.165, 1.54) is 27.2 Å². The maximum atomic E-state index is 6.08. The number of rotatable bonds is 7. The number of aromatic nitrogens is 4. The second-order valence-corrected chi connectivity index (χ2v) is 8.73. The van der Waals surface area contributed by atoms with Gasteiger partial charge in [-0.05, 0) is 76.7 Å². The van der Waals surface area contributed by atoms with E-state index >= 15 is 0 Å². The van der Waals surface area contributed by atoms with Crippen LogP contribution in [0.1, 0.15) is 5.56 Å². The molecule has 0 fully saturated rings.